The zero-order valence-corrected chi connectivity index (χ0v) is 15.8. The Hall–Kier alpha value is -3.49. The first-order valence-corrected chi connectivity index (χ1v) is 8.85. The first-order chi connectivity index (χ1) is 13.7. The van der Waals surface area contributed by atoms with Crippen LogP contribution in [0.2, 0.25) is 0 Å². The van der Waals surface area contributed by atoms with Crippen LogP contribution >= 0.6 is 0 Å². The minimum absolute atomic E-state index is 0.0280. The zero-order valence-electron chi connectivity index (χ0n) is 15.8. The van der Waals surface area contributed by atoms with Crippen molar-refractivity contribution in [2.75, 3.05) is 7.05 Å². The molecule has 0 saturated heterocycles. The van der Waals surface area contributed by atoms with Crippen LogP contribution in [0.4, 0.5) is 13.2 Å². The van der Waals surface area contributed by atoms with E-state index in [2.05, 4.69) is 15.8 Å². The summed E-state index contributed by atoms with van der Waals surface area (Å²) >= 11 is 0. The van der Waals surface area contributed by atoms with Crippen LogP contribution in [0.5, 0.6) is 0 Å². The minimum atomic E-state index is -4.42. The molecule has 6 nitrogen and oxygen atoms in total. The molecule has 1 aromatic heterocycles. The van der Waals surface area contributed by atoms with Crippen LogP contribution in [0, 0.1) is 0 Å². The molecule has 0 bridgehead atoms. The van der Waals surface area contributed by atoms with Crippen molar-refractivity contribution in [2.24, 2.45) is 5.73 Å². The highest BCUT2D eigenvalue weighted by Gasteiger charge is 2.31. The van der Waals surface area contributed by atoms with E-state index in [0.29, 0.717) is 16.5 Å². The predicted molar refractivity (Wildman–Crippen MR) is 104 cm³/mol. The first kappa shape index (κ1) is 20.2. The van der Waals surface area contributed by atoms with Gasteiger partial charge in [-0.25, -0.2) is 5.32 Å². The second-order valence-electron chi connectivity index (χ2n) is 6.51. The fraction of sp³-hybridized carbons (Fsp3) is 0.200. The minimum Gasteiger partial charge on any atom is -0.339 e. The number of alkyl halides is 3. The Morgan fingerprint density at radius 2 is 1.90 bits per heavy atom. The Morgan fingerprint density at radius 1 is 1.17 bits per heavy atom. The van der Waals surface area contributed by atoms with E-state index in [4.69, 9.17) is 5.73 Å². The summed E-state index contributed by atoms with van der Waals surface area (Å²) < 4.78 is 41.1. The maximum atomic E-state index is 13.1. The van der Waals surface area contributed by atoms with Crippen LogP contribution in [0.25, 0.3) is 10.9 Å². The Bertz CT molecular complexity index is 1070. The first-order valence-electron chi connectivity index (χ1n) is 8.85. The van der Waals surface area contributed by atoms with Gasteiger partial charge >= 0.3 is 18.0 Å². The molecule has 1 heterocycles. The van der Waals surface area contributed by atoms with Crippen LogP contribution in [0.1, 0.15) is 34.5 Å². The maximum absolute atomic E-state index is 13.1. The second kappa shape index (κ2) is 7.86. The molecule has 1 unspecified atom stereocenters. The summed E-state index contributed by atoms with van der Waals surface area (Å²) in [6.45, 7) is 1.78. The van der Waals surface area contributed by atoms with Crippen molar-refractivity contribution in [3.63, 3.8) is 0 Å². The number of nitrogens with two attached hydrogens (primary N) is 1. The van der Waals surface area contributed by atoms with E-state index >= 15 is 0 Å². The molecule has 1 amide bonds. The summed E-state index contributed by atoms with van der Waals surface area (Å²) in [4.78, 5) is 12.7. The average Bonchev–Trinajstić information content (AvgIpc) is 3.07. The number of guanidine groups is 1. The van der Waals surface area contributed by atoms with Gasteiger partial charge in [-0.2, -0.15) is 18.3 Å². The highest BCUT2D eigenvalue weighted by atomic mass is 19.4. The molecular formula is C20H21F3N5O+. The van der Waals surface area contributed by atoms with E-state index in [-0.39, 0.29) is 5.96 Å². The van der Waals surface area contributed by atoms with Crippen molar-refractivity contribution in [3.05, 3.63) is 71.4 Å². The number of carbonyl (C=O) groups is 1. The van der Waals surface area contributed by atoms with Gasteiger partial charge in [-0.1, -0.05) is 30.3 Å². The summed E-state index contributed by atoms with van der Waals surface area (Å²) in [5, 5.41) is 5.77. The number of hydrogen-bond donors (Lipinski definition) is 4. The molecule has 0 saturated carbocycles. The van der Waals surface area contributed by atoms with Gasteiger partial charge in [0.25, 0.3) is 0 Å². The molecule has 29 heavy (non-hydrogen) atoms. The highest BCUT2D eigenvalue weighted by molar-refractivity contribution is 6.11. The van der Waals surface area contributed by atoms with E-state index in [1.54, 1.807) is 42.9 Å². The number of hydrazine groups is 1. The quantitative estimate of drug-likeness (QED) is 0.302. The van der Waals surface area contributed by atoms with Gasteiger partial charge in [0.2, 0.25) is 0 Å². The standard InChI is InChI=1S/C20H20F3N5O/c1-12(13-6-5-7-14(10-13)20(21,22)23)28-11-16(15-8-3-4-9-17(15)28)18(29)26-19(24)27-25-2/h3-12,25H,1-2H3,(H3,24,26,27,29)/p+1. The Labute approximate surface area is 165 Å². The molecule has 0 radical (unpaired) electrons. The largest absolute Gasteiger partial charge is 0.416 e. The summed E-state index contributed by atoms with van der Waals surface area (Å²) in [5.41, 5.74) is 9.14. The van der Waals surface area contributed by atoms with E-state index in [0.717, 1.165) is 17.6 Å². The van der Waals surface area contributed by atoms with Crippen LogP contribution in [-0.4, -0.2) is 23.5 Å². The average molecular weight is 404 g/mol. The normalized spacial score (nSPS) is 13.3. The number of nitrogens with zero attached hydrogens (tertiary/aromatic N) is 1. The fourth-order valence-electron chi connectivity index (χ4n) is 3.20. The van der Waals surface area contributed by atoms with Gasteiger partial charge in [-0.3, -0.25) is 16.0 Å². The molecule has 0 spiro atoms. The summed E-state index contributed by atoms with van der Waals surface area (Å²) in [7, 11) is 1.60. The van der Waals surface area contributed by atoms with Crippen LogP contribution in [0.3, 0.4) is 0 Å². The molecule has 3 aromatic rings. The van der Waals surface area contributed by atoms with Crippen molar-refractivity contribution in [3.8, 4) is 0 Å². The molecule has 152 valence electrons. The SMILES string of the molecule is CN/[NH+]=C(\N)NC(=O)c1cn(C(C)c2cccc(C(F)(F)F)c2)c2ccccc12. The third-order valence-electron chi connectivity index (χ3n) is 4.61. The molecule has 0 aliphatic heterocycles. The van der Waals surface area contributed by atoms with Crippen molar-refractivity contribution >= 4 is 22.8 Å². The lowest BCUT2D eigenvalue weighted by Crippen LogP contribution is -2.86. The second-order valence-corrected chi connectivity index (χ2v) is 6.51. The molecule has 3 rings (SSSR count). The summed E-state index contributed by atoms with van der Waals surface area (Å²) in [6, 6.07) is 11.9. The van der Waals surface area contributed by atoms with Gasteiger partial charge in [-0.05, 0) is 30.7 Å². The number of carbonyl (C=O) groups excluding carboxylic acids is 1. The van der Waals surface area contributed by atoms with Crippen LogP contribution in [-0.2, 0) is 6.18 Å². The maximum Gasteiger partial charge on any atom is 0.416 e. The number of halogens is 3. The number of benzene rings is 2. The topological polar surface area (TPSA) is 86.1 Å². The molecule has 9 heteroatoms. The molecule has 5 N–H and O–H groups in total. The molecule has 0 aliphatic rings. The van der Waals surface area contributed by atoms with Crippen molar-refractivity contribution < 1.29 is 23.1 Å². The van der Waals surface area contributed by atoms with E-state index in [9.17, 15) is 18.0 Å². The number of rotatable bonds is 4. The molecule has 1 atom stereocenters. The lowest BCUT2D eigenvalue weighted by Gasteiger charge is -2.17. The Morgan fingerprint density at radius 3 is 2.59 bits per heavy atom. The van der Waals surface area contributed by atoms with Gasteiger partial charge < -0.3 is 4.57 Å². The van der Waals surface area contributed by atoms with Gasteiger partial charge in [0.15, 0.2) is 0 Å². The van der Waals surface area contributed by atoms with Crippen molar-refractivity contribution in [1.29, 1.82) is 0 Å². The number of hydrazone groups is 1. The van der Waals surface area contributed by atoms with Gasteiger partial charge in [0.1, 0.15) is 0 Å². The molecule has 0 fully saturated rings. The number of amides is 1. The number of nitrogens with one attached hydrogen (secondary N) is 3. The van der Waals surface area contributed by atoms with Crippen LogP contribution in [0.15, 0.2) is 54.7 Å². The summed E-state index contributed by atoms with van der Waals surface area (Å²) in [5.74, 6) is -0.406. The monoisotopic (exact) mass is 404 g/mol. The van der Waals surface area contributed by atoms with Crippen LogP contribution < -0.4 is 21.6 Å². The van der Waals surface area contributed by atoms with Gasteiger partial charge in [0.05, 0.1) is 17.2 Å². The smallest absolute Gasteiger partial charge is 0.339 e. The van der Waals surface area contributed by atoms with E-state index < -0.39 is 23.7 Å². The number of fused-ring (bicyclic) bond motifs is 1. The van der Waals surface area contributed by atoms with Gasteiger partial charge in [0, 0.05) is 24.1 Å². The summed E-state index contributed by atoms with van der Waals surface area (Å²) in [6.07, 6.45) is -2.80. The number of para-hydroxylation sites is 1. The van der Waals surface area contributed by atoms with Gasteiger partial charge in [-0.15, -0.1) is 0 Å². The van der Waals surface area contributed by atoms with E-state index in [1.165, 1.54) is 6.07 Å². The third kappa shape index (κ3) is 4.18. The molecular weight excluding hydrogens is 383 g/mol. The van der Waals surface area contributed by atoms with Crippen molar-refractivity contribution in [1.82, 2.24) is 15.3 Å². The Kier molecular flexibility index (Phi) is 5.49. The predicted octanol–water partition coefficient (Wildman–Crippen LogP) is 1.53. The third-order valence-corrected chi connectivity index (χ3v) is 4.61. The number of aromatic nitrogens is 1. The number of hydrogen-bond acceptors (Lipinski definition) is 2. The lowest BCUT2D eigenvalue weighted by atomic mass is 10.0. The van der Waals surface area contributed by atoms with Crippen molar-refractivity contribution in [2.45, 2.75) is 19.1 Å². The molecule has 2 aromatic carbocycles. The lowest BCUT2D eigenvalue weighted by molar-refractivity contribution is -0.523. The Balaban J connectivity index is 2.05. The molecule has 0 aliphatic carbocycles. The van der Waals surface area contributed by atoms with E-state index in [1.807, 2.05) is 12.1 Å². The highest BCUT2D eigenvalue weighted by Crippen LogP contribution is 2.33. The fourth-order valence-corrected chi connectivity index (χ4v) is 3.20. The zero-order chi connectivity index (χ0) is 21.2.